The lowest BCUT2D eigenvalue weighted by Gasteiger charge is -2.29. The van der Waals surface area contributed by atoms with Crippen molar-refractivity contribution in [1.82, 2.24) is 0 Å². The molecule has 0 spiro atoms. The number of hydrogen-bond donors (Lipinski definition) is 0. The van der Waals surface area contributed by atoms with E-state index in [4.69, 9.17) is 0 Å². The first-order valence-electron chi connectivity index (χ1n) is 18.0. The molecule has 5 nitrogen and oxygen atoms in total. The van der Waals surface area contributed by atoms with Crippen LogP contribution in [0.1, 0.15) is 158 Å². The molecule has 0 aliphatic heterocycles. The van der Waals surface area contributed by atoms with E-state index in [-0.39, 0.29) is 58.5 Å². The van der Waals surface area contributed by atoms with Gasteiger partial charge in [0, 0.05) is 27.8 Å². The molecule has 0 atom stereocenters. The van der Waals surface area contributed by atoms with Crippen LogP contribution < -0.4 is 0 Å². The van der Waals surface area contributed by atoms with Crippen LogP contribution >= 0.6 is 0 Å². The molecule has 6 rings (SSSR count). The Hall–Kier alpha value is -5.55. The molecule has 5 aromatic rings. The smallest absolute Gasteiger partial charge is 0.159 e. The predicted octanol–water partition coefficient (Wildman–Crippen LogP) is 11.0. The molecule has 1 saturated carbocycles. The number of benzene rings is 5. The van der Waals surface area contributed by atoms with Gasteiger partial charge in [0.25, 0.3) is 0 Å². The Balaban J connectivity index is 0.00000257. The van der Waals surface area contributed by atoms with E-state index < -0.39 is 0 Å². The van der Waals surface area contributed by atoms with Gasteiger partial charge < -0.3 is 0 Å². The van der Waals surface area contributed by atoms with E-state index in [0.717, 1.165) is 27.8 Å². The Morgan fingerprint density at radius 1 is 0.269 bits per heavy atom. The van der Waals surface area contributed by atoms with E-state index in [1.165, 1.54) is 0 Å². The molecule has 264 valence electrons. The van der Waals surface area contributed by atoms with E-state index in [2.05, 4.69) is 0 Å². The van der Waals surface area contributed by atoms with Crippen molar-refractivity contribution in [3.8, 4) is 0 Å². The van der Waals surface area contributed by atoms with Crippen molar-refractivity contribution >= 4 is 28.9 Å². The Morgan fingerprint density at radius 3 is 0.481 bits per heavy atom. The highest BCUT2D eigenvalue weighted by Crippen LogP contribution is 2.66. The molecule has 0 amide bonds. The molecular weight excluding hydrogens is 645 g/mol. The summed E-state index contributed by atoms with van der Waals surface area (Å²) in [4.78, 5) is 61.7. The molecule has 0 heterocycles. The second kappa shape index (κ2) is 16.2. The highest BCUT2D eigenvalue weighted by Gasteiger charge is 2.53. The fraction of sp³-hybridized carbons (Fsp3) is 0.255. The molecule has 52 heavy (non-hydrogen) atoms. The molecular formula is C47H46O5. The summed E-state index contributed by atoms with van der Waals surface area (Å²) in [5, 5.41) is 0. The summed E-state index contributed by atoms with van der Waals surface area (Å²) in [6.45, 7) is 11.8. The number of carbonyl (C=O) groups is 5. The van der Waals surface area contributed by atoms with Crippen LogP contribution in [0.25, 0.3) is 0 Å². The van der Waals surface area contributed by atoms with Crippen molar-refractivity contribution in [1.29, 1.82) is 0 Å². The SMILES string of the molecule is CC.CC(=O)c1ccc(C2C(c3ccc(C(C)=O)cc3)C(c3ccc(C(C)=O)cc3)C(c3ccc(C(C)=O)cc3)C2c2ccc(C(C)=O)cc2)cc1. The predicted molar refractivity (Wildman–Crippen MR) is 207 cm³/mol. The third-order valence-corrected chi connectivity index (χ3v) is 10.4. The fourth-order valence-electron chi connectivity index (χ4n) is 7.89. The number of ketones is 5. The van der Waals surface area contributed by atoms with Crippen molar-refractivity contribution in [3.05, 3.63) is 177 Å². The Labute approximate surface area is 307 Å². The summed E-state index contributed by atoms with van der Waals surface area (Å²) in [5.74, 6) is -0.625. The Kier molecular flexibility index (Phi) is 11.7. The van der Waals surface area contributed by atoms with E-state index >= 15 is 0 Å². The van der Waals surface area contributed by atoms with Crippen LogP contribution in [0.5, 0.6) is 0 Å². The first-order chi connectivity index (χ1) is 24.9. The summed E-state index contributed by atoms with van der Waals surface area (Å²) in [7, 11) is 0. The molecule has 0 aromatic heterocycles. The van der Waals surface area contributed by atoms with Crippen molar-refractivity contribution in [2.45, 2.75) is 78.1 Å². The number of hydrogen-bond acceptors (Lipinski definition) is 5. The van der Waals surface area contributed by atoms with Crippen LogP contribution in [0.15, 0.2) is 121 Å². The average molecular weight is 691 g/mol. The highest BCUT2D eigenvalue weighted by atomic mass is 16.1. The molecule has 5 heteroatoms. The molecule has 0 unspecified atom stereocenters. The van der Waals surface area contributed by atoms with Gasteiger partial charge in [0.15, 0.2) is 28.9 Å². The van der Waals surface area contributed by atoms with Crippen LogP contribution in [-0.4, -0.2) is 28.9 Å². The van der Waals surface area contributed by atoms with Gasteiger partial charge in [0.2, 0.25) is 0 Å². The highest BCUT2D eigenvalue weighted by molar-refractivity contribution is 5.96. The minimum absolute atomic E-state index is 0.0115. The van der Waals surface area contributed by atoms with E-state index in [1.54, 1.807) is 34.6 Å². The Bertz CT molecular complexity index is 1700. The van der Waals surface area contributed by atoms with Gasteiger partial charge >= 0.3 is 0 Å². The fourth-order valence-corrected chi connectivity index (χ4v) is 7.89. The maximum atomic E-state index is 12.3. The second-order valence-corrected chi connectivity index (χ2v) is 13.5. The molecule has 5 aromatic carbocycles. The average Bonchev–Trinajstić information content (AvgIpc) is 3.52. The minimum Gasteiger partial charge on any atom is -0.295 e. The lowest BCUT2D eigenvalue weighted by molar-refractivity contribution is 0.100. The normalized spacial score (nSPS) is 19.2. The summed E-state index contributed by atoms with van der Waals surface area (Å²) in [5.41, 5.74) is 8.44. The molecule has 0 N–H and O–H groups in total. The maximum absolute atomic E-state index is 12.3. The van der Waals surface area contributed by atoms with Gasteiger partial charge in [-0.15, -0.1) is 0 Å². The second-order valence-electron chi connectivity index (χ2n) is 13.5. The van der Waals surface area contributed by atoms with Gasteiger partial charge in [0.05, 0.1) is 0 Å². The van der Waals surface area contributed by atoms with Gasteiger partial charge in [-0.3, -0.25) is 24.0 Å². The lowest BCUT2D eigenvalue weighted by Crippen LogP contribution is -2.14. The molecule has 0 bridgehead atoms. The monoisotopic (exact) mass is 690 g/mol. The van der Waals surface area contributed by atoms with Crippen LogP contribution in [-0.2, 0) is 0 Å². The van der Waals surface area contributed by atoms with Crippen molar-refractivity contribution < 1.29 is 24.0 Å². The standard InChI is InChI=1S/C45H40O5.C2H6/c1-26(46)31-6-16-36(17-7-31)41-42(37-18-8-32(9-19-37)27(2)47)44(39-22-12-34(13-23-39)29(4)49)45(40-24-14-35(15-25-40)30(5)50)43(41)38-20-10-33(11-21-38)28(3)48;1-2/h6-25,41-45H,1-5H3;1-2H3. The summed E-state index contributed by atoms with van der Waals surface area (Å²) in [6, 6.07) is 39.3. The van der Waals surface area contributed by atoms with Crippen molar-refractivity contribution in [2.75, 3.05) is 0 Å². The van der Waals surface area contributed by atoms with Gasteiger partial charge in [-0.2, -0.15) is 0 Å². The summed E-state index contributed by atoms with van der Waals surface area (Å²) in [6.07, 6.45) is 0. The number of carbonyl (C=O) groups excluding carboxylic acids is 5. The third-order valence-electron chi connectivity index (χ3n) is 10.4. The zero-order chi connectivity index (χ0) is 37.7. The topological polar surface area (TPSA) is 85.3 Å². The molecule has 0 radical (unpaired) electrons. The van der Waals surface area contributed by atoms with Crippen molar-refractivity contribution in [2.24, 2.45) is 0 Å². The Morgan fingerprint density at radius 2 is 0.385 bits per heavy atom. The van der Waals surface area contributed by atoms with Crippen LogP contribution in [0.2, 0.25) is 0 Å². The largest absolute Gasteiger partial charge is 0.295 e. The summed E-state index contributed by atoms with van der Waals surface area (Å²) >= 11 is 0. The molecule has 1 aliphatic carbocycles. The minimum atomic E-state index is -0.114. The van der Waals surface area contributed by atoms with E-state index in [1.807, 2.05) is 135 Å². The number of rotatable bonds is 10. The summed E-state index contributed by atoms with van der Waals surface area (Å²) < 4.78 is 0. The van der Waals surface area contributed by atoms with Gasteiger partial charge in [-0.25, -0.2) is 0 Å². The first kappa shape index (κ1) is 37.7. The van der Waals surface area contributed by atoms with Crippen LogP contribution in [0.4, 0.5) is 0 Å². The number of Topliss-reactive ketones (excluding diaryl/α,β-unsaturated/α-hetero) is 5. The quantitative estimate of drug-likeness (QED) is 0.136. The first-order valence-corrected chi connectivity index (χ1v) is 18.0. The van der Waals surface area contributed by atoms with Gasteiger partial charge in [-0.1, -0.05) is 135 Å². The van der Waals surface area contributed by atoms with Gasteiger partial charge in [-0.05, 0) is 92.0 Å². The zero-order valence-electron chi connectivity index (χ0n) is 31.0. The van der Waals surface area contributed by atoms with Crippen molar-refractivity contribution in [3.63, 3.8) is 0 Å². The van der Waals surface area contributed by atoms with E-state index in [0.29, 0.717) is 27.8 Å². The van der Waals surface area contributed by atoms with E-state index in [9.17, 15) is 24.0 Å². The van der Waals surface area contributed by atoms with Gasteiger partial charge in [0.1, 0.15) is 0 Å². The zero-order valence-corrected chi connectivity index (χ0v) is 31.0. The molecule has 1 aliphatic rings. The third kappa shape index (κ3) is 7.69. The lowest BCUT2D eigenvalue weighted by atomic mass is 9.74. The maximum Gasteiger partial charge on any atom is 0.159 e. The molecule has 0 saturated heterocycles. The van der Waals surface area contributed by atoms with Crippen LogP contribution in [0, 0.1) is 0 Å². The van der Waals surface area contributed by atoms with Crippen LogP contribution in [0.3, 0.4) is 0 Å². The molecule has 1 fully saturated rings.